The van der Waals surface area contributed by atoms with Gasteiger partial charge in [0.05, 0.1) is 28.7 Å². The van der Waals surface area contributed by atoms with Crippen molar-refractivity contribution in [2.45, 2.75) is 17.6 Å². The quantitative estimate of drug-likeness (QED) is 0.409. The van der Waals surface area contributed by atoms with E-state index in [0.29, 0.717) is 16.1 Å². The lowest BCUT2D eigenvalue weighted by Crippen LogP contribution is -2.99. The van der Waals surface area contributed by atoms with Gasteiger partial charge in [-0.15, -0.1) is 0 Å². The minimum absolute atomic E-state index is 0.0225. The van der Waals surface area contributed by atoms with E-state index in [1.54, 1.807) is 31.2 Å². The molecular weight excluding hydrogens is 332 g/mol. The summed E-state index contributed by atoms with van der Waals surface area (Å²) in [4.78, 5) is 12.3. The number of benzene rings is 2. The first kappa shape index (κ1) is 18.1. The molecule has 0 fully saturated rings. The average Bonchev–Trinajstić information content (AvgIpc) is 2.55. The van der Waals surface area contributed by atoms with Crippen LogP contribution in [-0.4, -0.2) is 22.0 Å². The van der Waals surface area contributed by atoms with Crippen molar-refractivity contribution in [3.63, 3.8) is 0 Å². The number of quaternary nitrogens is 1. The summed E-state index contributed by atoms with van der Waals surface area (Å²) in [6.45, 7) is 1.87. The summed E-state index contributed by atoms with van der Waals surface area (Å²) in [5, 5.41) is 19.6. The average molecular weight is 350 g/mol. The topological polar surface area (TPSA) is 117 Å². The molecule has 0 saturated carbocycles. The van der Waals surface area contributed by atoms with Gasteiger partial charge in [-0.25, -0.2) is 10.0 Å². The summed E-state index contributed by atoms with van der Waals surface area (Å²) in [7, 11) is -1.43. The maximum Gasteiger partial charge on any atom is 0.338 e. The lowest BCUT2D eigenvalue weighted by Gasteiger charge is -2.16. The van der Waals surface area contributed by atoms with Crippen LogP contribution in [0, 0.1) is 5.21 Å². The molecule has 2 unspecified atom stereocenters. The van der Waals surface area contributed by atoms with Gasteiger partial charge in [-0.3, -0.25) is 4.21 Å². The molecule has 4 N–H and O–H groups in total. The van der Waals surface area contributed by atoms with Crippen molar-refractivity contribution in [3.05, 3.63) is 58.8 Å². The summed E-state index contributed by atoms with van der Waals surface area (Å²) in [5.41, 5.74) is 6.61. The Kier molecular flexibility index (Phi) is 6.04. The molecule has 0 radical (unpaired) electrons. The van der Waals surface area contributed by atoms with Crippen LogP contribution in [0.3, 0.4) is 0 Å². The first-order chi connectivity index (χ1) is 11.4. The fourth-order valence-corrected chi connectivity index (χ4v) is 3.23. The zero-order chi connectivity index (χ0) is 17.7. The van der Waals surface area contributed by atoms with Gasteiger partial charge in [0.15, 0.2) is 5.69 Å². The molecule has 0 aromatic heterocycles. The number of hydrogen-bond donors (Lipinski definition) is 3. The van der Waals surface area contributed by atoms with Crippen molar-refractivity contribution < 1.29 is 24.2 Å². The van der Waals surface area contributed by atoms with Gasteiger partial charge in [0.2, 0.25) is 0 Å². The lowest BCUT2D eigenvalue weighted by molar-refractivity contribution is -0.991. The SMILES string of the molecule is CCOC(=O)c1ccc(CS(=O)c2ccc(N)cc2)c([NH+]([O-])O)c1. The van der Waals surface area contributed by atoms with E-state index in [9.17, 15) is 19.4 Å². The van der Waals surface area contributed by atoms with Crippen molar-refractivity contribution >= 4 is 28.1 Å². The largest absolute Gasteiger partial charge is 0.595 e. The molecule has 0 aliphatic carbocycles. The third-order valence-electron chi connectivity index (χ3n) is 3.28. The van der Waals surface area contributed by atoms with Crippen LogP contribution in [0.25, 0.3) is 0 Å². The summed E-state index contributed by atoms with van der Waals surface area (Å²) < 4.78 is 17.3. The highest BCUT2D eigenvalue weighted by molar-refractivity contribution is 7.84. The Morgan fingerprint density at radius 3 is 2.54 bits per heavy atom. The minimum Gasteiger partial charge on any atom is -0.595 e. The van der Waals surface area contributed by atoms with Crippen LogP contribution in [0.1, 0.15) is 22.8 Å². The molecule has 24 heavy (non-hydrogen) atoms. The van der Waals surface area contributed by atoms with Gasteiger partial charge in [-0.1, -0.05) is 6.07 Å². The van der Waals surface area contributed by atoms with Gasteiger partial charge in [0.25, 0.3) is 0 Å². The van der Waals surface area contributed by atoms with Gasteiger partial charge in [-0.2, -0.15) is 5.23 Å². The lowest BCUT2D eigenvalue weighted by atomic mass is 10.1. The molecule has 7 nitrogen and oxygen atoms in total. The third-order valence-corrected chi connectivity index (χ3v) is 4.65. The Morgan fingerprint density at radius 2 is 1.96 bits per heavy atom. The highest BCUT2D eigenvalue weighted by Gasteiger charge is 2.17. The van der Waals surface area contributed by atoms with Crippen molar-refractivity contribution in [1.82, 2.24) is 0 Å². The summed E-state index contributed by atoms with van der Waals surface area (Å²) in [6, 6.07) is 10.8. The second-order valence-electron chi connectivity index (χ2n) is 4.96. The normalized spacial score (nSPS) is 13.3. The van der Waals surface area contributed by atoms with Gasteiger partial charge >= 0.3 is 5.97 Å². The number of carbonyl (C=O) groups excluding carboxylic acids is 1. The number of nitrogens with two attached hydrogens (primary N) is 1. The number of anilines is 1. The zero-order valence-electron chi connectivity index (χ0n) is 13.0. The summed E-state index contributed by atoms with van der Waals surface area (Å²) in [6.07, 6.45) is 0. The molecule has 8 heteroatoms. The molecule has 0 saturated heterocycles. The second kappa shape index (κ2) is 8.02. The maximum atomic E-state index is 12.4. The van der Waals surface area contributed by atoms with Crippen LogP contribution in [-0.2, 0) is 21.3 Å². The van der Waals surface area contributed by atoms with E-state index in [1.807, 2.05) is 0 Å². The predicted molar refractivity (Wildman–Crippen MR) is 89.1 cm³/mol. The first-order valence-corrected chi connectivity index (χ1v) is 8.51. The van der Waals surface area contributed by atoms with E-state index in [1.165, 1.54) is 18.2 Å². The molecule has 2 rings (SSSR count). The van der Waals surface area contributed by atoms with Crippen LogP contribution in [0.5, 0.6) is 0 Å². The number of nitrogen functional groups attached to an aromatic ring is 1. The van der Waals surface area contributed by atoms with Gasteiger partial charge in [-0.05, 0) is 37.3 Å². The van der Waals surface area contributed by atoms with E-state index in [0.717, 1.165) is 0 Å². The number of hydrogen-bond acceptors (Lipinski definition) is 6. The summed E-state index contributed by atoms with van der Waals surface area (Å²) >= 11 is 0. The van der Waals surface area contributed by atoms with Crippen LogP contribution in [0.15, 0.2) is 47.4 Å². The van der Waals surface area contributed by atoms with E-state index in [-0.39, 0.29) is 23.6 Å². The van der Waals surface area contributed by atoms with Crippen molar-refractivity contribution in [2.24, 2.45) is 0 Å². The predicted octanol–water partition coefficient (Wildman–Crippen LogP) is 1.16. The zero-order valence-corrected chi connectivity index (χ0v) is 13.8. The van der Waals surface area contributed by atoms with Gasteiger partial charge in [0, 0.05) is 22.2 Å². The fraction of sp³-hybridized carbons (Fsp3) is 0.188. The molecule has 0 heterocycles. The van der Waals surface area contributed by atoms with Crippen molar-refractivity contribution in [3.8, 4) is 0 Å². The fourth-order valence-electron chi connectivity index (χ4n) is 2.09. The number of ether oxygens (including phenoxy) is 1. The Bertz CT molecular complexity index is 747. The molecular formula is C16H18N2O5S. The Hall–Kier alpha value is -2.26. The molecule has 0 spiro atoms. The standard InChI is InChI=1S/C16H18N2O5S/c1-2-23-16(19)11-3-4-12(15(9-11)18(20)21)10-24(22)14-7-5-13(17)6-8-14/h3-9,18,20H,2,10,17H2,1H3. The first-order valence-electron chi connectivity index (χ1n) is 7.19. The molecule has 2 aromatic carbocycles. The molecule has 128 valence electrons. The second-order valence-corrected chi connectivity index (χ2v) is 6.41. The smallest absolute Gasteiger partial charge is 0.338 e. The molecule has 0 bridgehead atoms. The molecule has 0 aliphatic heterocycles. The Labute approximate surface area is 141 Å². The highest BCUT2D eigenvalue weighted by Crippen LogP contribution is 2.20. The summed E-state index contributed by atoms with van der Waals surface area (Å²) in [5.74, 6) is -0.569. The number of carbonyl (C=O) groups is 1. The number of rotatable bonds is 6. The maximum absolute atomic E-state index is 12.4. The number of nitrogens with one attached hydrogen (secondary N) is 1. The van der Waals surface area contributed by atoms with Crippen LogP contribution in [0.2, 0.25) is 0 Å². The molecule has 2 aromatic rings. The highest BCUT2D eigenvalue weighted by atomic mass is 32.2. The third kappa shape index (κ3) is 4.39. The van der Waals surface area contributed by atoms with E-state index in [2.05, 4.69) is 0 Å². The van der Waals surface area contributed by atoms with Crippen molar-refractivity contribution in [1.29, 1.82) is 0 Å². The van der Waals surface area contributed by atoms with E-state index >= 15 is 0 Å². The van der Waals surface area contributed by atoms with Gasteiger partial charge in [0.1, 0.15) is 0 Å². The minimum atomic E-state index is -1.43. The molecule has 2 atom stereocenters. The Morgan fingerprint density at radius 1 is 1.29 bits per heavy atom. The Balaban J connectivity index is 2.27. The number of esters is 1. The van der Waals surface area contributed by atoms with Gasteiger partial charge < -0.3 is 15.7 Å². The van der Waals surface area contributed by atoms with E-state index < -0.39 is 22.0 Å². The van der Waals surface area contributed by atoms with Crippen LogP contribution < -0.4 is 11.0 Å². The van der Waals surface area contributed by atoms with Crippen LogP contribution >= 0.6 is 0 Å². The molecule has 0 aliphatic rings. The van der Waals surface area contributed by atoms with E-state index in [4.69, 9.17) is 10.5 Å². The van der Waals surface area contributed by atoms with Crippen molar-refractivity contribution in [2.75, 3.05) is 12.3 Å². The monoisotopic (exact) mass is 350 g/mol. The van der Waals surface area contributed by atoms with Crippen LogP contribution in [0.4, 0.5) is 11.4 Å². The molecule has 0 amide bonds.